The van der Waals surface area contributed by atoms with Gasteiger partial charge in [0.05, 0.1) is 17.3 Å². The van der Waals surface area contributed by atoms with Crippen molar-refractivity contribution in [2.45, 2.75) is 6.42 Å². The van der Waals surface area contributed by atoms with Crippen molar-refractivity contribution in [2.24, 2.45) is 0 Å². The third-order valence-electron chi connectivity index (χ3n) is 8.58. The number of hydrogen-bond acceptors (Lipinski definition) is 8. The Balaban J connectivity index is 1.09. The number of piperazine rings is 2. The molecule has 1 N–H and O–H groups in total. The van der Waals surface area contributed by atoms with Crippen molar-refractivity contribution in [1.29, 1.82) is 5.26 Å². The van der Waals surface area contributed by atoms with Gasteiger partial charge in [0.25, 0.3) is 0 Å². The van der Waals surface area contributed by atoms with E-state index in [0.29, 0.717) is 5.56 Å². The number of aromatic nitrogens is 4. The van der Waals surface area contributed by atoms with Gasteiger partial charge in [-0.05, 0) is 48.0 Å². The first-order chi connectivity index (χ1) is 21.2. The lowest BCUT2D eigenvalue weighted by Crippen LogP contribution is -2.47. The number of hydrogen-bond donors (Lipinski definition) is 1. The molecule has 0 spiro atoms. The van der Waals surface area contributed by atoms with Crippen LogP contribution >= 0.6 is 0 Å². The molecule has 0 unspecified atom stereocenters. The molecule has 0 bridgehead atoms. The summed E-state index contributed by atoms with van der Waals surface area (Å²) in [5.74, 6) is 0.984. The van der Waals surface area contributed by atoms with Gasteiger partial charge in [-0.15, -0.1) is 0 Å². The minimum absolute atomic E-state index is 0.557. The van der Waals surface area contributed by atoms with Crippen LogP contribution in [0.4, 0.5) is 11.5 Å². The summed E-state index contributed by atoms with van der Waals surface area (Å²) in [6, 6.07) is 23.6. The van der Waals surface area contributed by atoms with Crippen molar-refractivity contribution in [2.75, 3.05) is 68.7 Å². The summed E-state index contributed by atoms with van der Waals surface area (Å²) < 4.78 is 1.82. The molecule has 216 valence electrons. The summed E-state index contributed by atoms with van der Waals surface area (Å²) in [4.78, 5) is 16.6. The lowest BCUT2D eigenvalue weighted by Gasteiger charge is -2.35. The second-order valence-electron chi connectivity index (χ2n) is 11.2. The van der Waals surface area contributed by atoms with Crippen molar-refractivity contribution in [1.82, 2.24) is 29.8 Å². The fourth-order valence-corrected chi connectivity index (χ4v) is 6.12. The average Bonchev–Trinajstić information content (AvgIpc) is 3.51. The maximum Gasteiger partial charge on any atom is 0.128 e. The number of pyridine rings is 3. The Morgan fingerprint density at radius 3 is 2.33 bits per heavy atom. The quantitative estimate of drug-likeness (QED) is 0.314. The molecule has 0 saturated carbocycles. The Hall–Kier alpha value is -4.78. The number of nitrogens with zero attached hydrogens (tertiary/aromatic N) is 8. The number of nitriles is 1. The molecular weight excluding hydrogens is 534 g/mol. The molecule has 2 aliphatic heterocycles. The molecule has 0 amide bonds. The van der Waals surface area contributed by atoms with E-state index in [1.54, 1.807) is 6.20 Å². The van der Waals surface area contributed by atoms with Crippen LogP contribution in [0.25, 0.3) is 27.8 Å². The molecule has 9 nitrogen and oxygen atoms in total. The van der Waals surface area contributed by atoms with Gasteiger partial charge in [0.15, 0.2) is 0 Å². The minimum Gasteiger partial charge on any atom is -0.369 e. The van der Waals surface area contributed by atoms with Gasteiger partial charge in [0.1, 0.15) is 11.9 Å². The van der Waals surface area contributed by atoms with Crippen molar-refractivity contribution >= 4 is 17.0 Å². The summed E-state index contributed by atoms with van der Waals surface area (Å²) in [7, 11) is 0. The monoisotopic (exact) mass is 569 g/mol. The summed E-state index contributed by atoms with van der Waals surface area (Å²) in [6.07, 6.45) is 8.42. The number of benzene rings is 1. The normalized spacial score (nSPS) is 16.0. The van der Waals surface area contributed by atoms with Gasteiger partial charge in [-0.3, -0.25) is 9.88 Å². The first-order valence-corrected chi connectivity index (χ1v) is 15.1. The Morgan fingerprint density at radius 1 is 0.791 bits per heavy atom. The largest absolute Gasteiger partial charge is 0.369 e. The minimum atomic E-state index is 0.557. The van der Waals surface area contributed by atoms with Crippen LogP contribution in [0.5, 0.6) is 0 Å². The zero-order valence-electron chi connectivity index (χ0n) is 24.2. The molecule has 7 rings (SSSR count). The van der Waals surface area contributed by atoms with Crippen molar-refractivity contribution in [3.05, 3.63) is 96.7 Å². The molecule has 0 radical (unpaired) electrons. The third-order valence-corrected chi connectivity index (χ3v) is 8.58. The molecule has 2 saturated heterocycles. The summed E-state index contributed by atoms with van der Waals surface area (Å²) in [5, 5.41) is 17.8. The average molecular weight is 570 g/mol. The third kappa shape index (κ3) is 5.80. The van der Waals surface area contributed by atoms with Crippen LogP contribution in [0, 0.1) is 11.3 Å². The number of nitrogens with one attached hydrogen (secondary N) is 1. The van der Waals surface area contributed by atoms with Gasteiger partial charge in [0.2, 0.25) is 0 Å². The lowest BCUT2D eigenvalue weighted by molar-refractivity contribution is 0.259. The van der Waals surface area contributed by atoms with Gasteiger partial charge in [-0.25, -0.2) is 9.50 Å². The van der Waals surface area contributed by atoms with E-state index in [-0.39, 0.29) is 0 Å². The van der Waals surface area contributed by atoms with Crippen LogP contribution in [-0.4, -0.2) is 83.4 Å². The van der Waals surface area contributed by atoms with E-state index in [9.17, 15) is 5.26 Å². The molecule has 2 fully saturated rings. The lowest BCUT2D eigenvalue weighted by atomic mass is 9.99. The van der Waals surface area contributed by atoms with Gasteiger partial charge in [0, 0.05) is 112 Å². The Kier molecular flexibility index (Phi) is 7.69. The molecule has 4 aromatic heterocycles. The Bertz CT molecular complexity index is 1710. The predicted octanol–water partition coefficient (Wildman–Crippen LogP) is 4.10. The first kappa shape index (κ1) is 27.1. The fourth-order valence-electron chi connectivity index (χ4n) is 6.12. The maximum atomic E-state index is 9.83. The van der Waals surface area contributed by atoms with Crippen LogP contribution in [0.1, 0.15) is 11.3 Å². The van der Waals surface area contributed by atoms with E-state index in [0.717, 1.165) is 105 Å². The molecular formula is C34H35N9. The highest BCUT2D eigenvalue weighted by molar-refractivity contribution is 5.87. The number of rotatable bonds is 7. The van der Waals surface area contributed by atoms with Gasteiger partial charge >= 0.3 is 0 Å². The van der Waals surface area contributed by atoms with Crippen LogP contribution in [0.15, 0.2) is 85.5 Å². The van der Waals surface area contributed by atoms with Crippen LogP contribution in [0.3, 0.4) is 0 Å². The predicted molar refractivity (Wildman–Crippen MR) is 170 cm³/mol. The van der Waals surface area contributed by atoms with Gasteiger partial charge in [-0.1, -0.05) is 18.2 Å². The standard InChI is InChI=1S/C34H35N9/c35-22-29-24-39-43-25-28(26-4-7-31(8-5-26)41-15-12-36-13-16-41)21-32(34(29)43)27-6-9-33(38-23-27)42-19-17-40(18-20-42)14-10-30-3-1-2-11-37-30/h1-9,11,21,23-25,36H,10,12-20H2. The molecule has 0 atom stereocenters. The van der Waals surface area contributed by atoms with Crippen molar-refractivity contribution in [3.63, 3.8) is 0 Å². The van der Waals surface area contributed by atoms with E-state index in [1.807, 2.05) is 29.2 Å². The summed E-state index contributed by atoms with van der Waals surface area (Å²) in [6.45, 7) is 8.99. The highest BCUT2D eigenvalue weighted by Gasteiger charge is 2.19. The van der Waals surface area contributed by atoms with E-state index in [1.165, 1.54) is 5.69 Å². The molecule has 9 heteroatoms. The topological polar surface area (TPSA) is 88.6 Å². The first-order valence-electron chi connectivity index (χ1n) is 15.1. The summed E-state index contributed by atoms with van der Waals surface area (Å²) >= 11 is 0. The number of fused-ring (bicyclic) bond motifs is 1. The number of anilines is 2. The highest BCUT2D eigenvalue weighted by Crippen LogP contribution is 2.33. The highest BCUT2D eigenvalue weighted by atomic mass is 15.3. The van der Waals surface area contributed by atoms with Gasteiger partial charge < -0.3 is 15.1 Å². The Morgan fingerprint density at radius 2 is 1.60 bits per heavy atom. The Labute approximate surface area is 252 Å². The van der Waals surface area contributed by atoms with Crippen LogP contribution in [0.2, 0.25) is 0 Å². The van der Waals surface area contributed by atoms with E-state index < -0.39 is 0 Å². The van der Waals surface area contributed by atoms with Crippen LogP contribution < -0.4 is 15.1 Å². The smallest absolute Gasteiger partial charge is 0.128 e. The SMILES string of the molecule is N#Cc1cnn2cc(-c3ccc(N4CCNCC4)cc3)cc(-c3ccc(N4CCN(CCc5ccccn5)CC4)nc3)c12. The molecule has 0 aliphatic carbocycles. The van der Waals surface area contributed by atoms with E-state index in [4.69, 9.17) is 4.98 Å². The molecule has 1 aromatic carbocycles. The van der Waals surface area contributed by atoms with E-state index >= 15 is 0 Å². The van der Waals surface area contributed by atoms with Crippen molar-refractivity contribution < 1.29 is 0 Å². The summed E-state index contributed by atoms with van der Waals surface area (Å²) in [5.41, 5.74) is 7.84. The van der Waals surface area contributed by atoms with E-state index in [2.05, 4.69) is 90.8 Å². The van der Waals surface area contributed by atoms with Crippen molar-refractivity contribution in [3.8, 4) is 28.3 Å². The zero-order chi connectivity index (χ0) is 29.0. The van der Waals surface area contributed by atoms with Gasteiger partial charge in [-0.2, -0.15) is 10.4 Å². The van der Waals surface area contributed by atoms with Crippen LogP contribution in [-0.2, 0) is 6.42 Å². The molecule has 43 heavy (non-hydrogen) atoms. The maximum absolute atomic E-state index is 9.83. The zero-order valence-corrected chi connectivity index (χ0v) is 24.2. The fraction of sp³-hybridized carbons (Fsp3) is 0.294. The second kappa shape index (κ2) is 12.2. The molecule has 2 aliphatic rings. The molecule has 5 aromatic rings. The molecule has 6 heterocycles. The second-order valence-corrected chi connectivity index (χ2v) is 11.2.